The van der Waals surface area contributed by atoms with Gasteiger partial charge in [0, 0.05) is 27.0 Å². The van der Waals surface area contributed by atoms with E-state index in [9.17, 15) is 18.0 Å². The molecular formula is C24H19F3O3S. The van der Waals surface area contributed by atoms with Crippen LogP contribution in [0.25, 0.3) is 17.2 Å². The van der Waals surface area contributed by atoms with Crippen LogP contribution in [-0.4, -0.2) is 12.9 Å². The van der Waals surface area contributed by atoms with Crippen molar-refractivity contribution in [2.45, 2.75) is 26.1 Å². The number of carbonyl (C=O) groups is 1. The van der Waals surface area contributed by atoms with E-state index < -0.39 is 11.7 Å². The lowest BCUT2D eigenvalue weighted by Crippen LogP contribution is -2.08. The predicted molar refractivity (Wildman–Crippen MR) is 114 cm³/mol. The van der Waals surface area contributed by atoms with E-state index in [2.05, 4.69) is 0 Å². The highest BCUT2D eigenvalue weighted by atomic mass is 32.1. The first-order chi connectivity index (χ1) is 14.9. The standard InChI is InChI=1S/C24H19F3O3S/c1-2-23-20(19-5-3-4-6-21(19)24(25,26)27)11-18(31-23)14-29-17-8-7-16-9-15(12-28)13-30-22(16)10-17/h3-12H,2,13-14H2,1H3. The van der Waals surface area contributed by atoms with Crippen molar-refractivity contribution in [3.63, 3.8) is 0 Å². The third-order valence-electron chi connectivity index (χ3n) is 4.96. The number of benzene rings is 2. The van der Waals surface area contributed by atoms with Crippen molar-refractivity contribution in [3.05, 3.63) is 75.0 Å². The number of aryl methyl sites for hydroxylation is 1. The number of hydrogen-bond donors (Lipinski definition) is 0. The molecule has 31 heavy (non-hydrogen) atoms. The van der Waals surface area contributed by atoms with Gasteiger partial charge in [0.25, 0.3) is 0 Å². The first kappa shape index (κ1) is 21.2. The molecule has 1 aromatic heterocycles. The maximum absolute atomic E-state index is 13.5. The summed E-state index contributed by atoms with van der Waals surface area (Å²) in [5, 5.41) is 0. The number of thiophene rings is 1. The van der Waals surface area contributed by atoms with Crippen molar-refractivity contribution in [1.82, 2.24) is 0 Å². The van der Waals surface area contributed by atoms with Gasteiger partial charge in [0.1, 0.15) is 31.0 Å². The summed E-state index contributed by atoms with van der Waals surface area (Å²) in [6.07, 6.45) is -1.25. The number of aldehydes is 1. The first-order valence-electron chi connectivity index (χ1n) is 9.72. The Kier molecular flexibility index (Phi) is 5.87. The Balaban J connectivity index is 1.56. The maximum atomic E-state index is 13.5. The minimum atomic E-state index is -4.42. The van der Waals surface area contributed by atoms with E-state index in [1.807, 2.05) is 13.0 Å². The lowest BCUT2D eigenvalue weighted by atomic mass is 9.99. The van der Waals surface area contributed by atoms with Crippen LogP contribution in [0, 0.1) is 0 Å². The molecule has 0 unspecified atom stereocenters. The average Bonchev–Trinajstić information content (AvgIpc) is 3.20. The summed E-state index contributed by atoms with van der Waals surface area (Å²) < 4.78 is 51.9. The summed E-state index contributed by atoms with van der Waals surface area (Å²) in [5.74, 6) is 1.22. The van der Waals surface area contributed by atoms with Crippen molar-refractivity contribution in [3.8, 4) is 22.6 Å². The minimum Gasteiger partial charge on any atom is -0.488 e. The molecule has 3 nitrogen and oxygen atoms in total. The van der Waals surface area contributed by atoms with E-state index in [4.69, 9.17) is 9.47 Å². The zero-order chi connectivity index (χ0) is 22.0. The molecule has 0 bridgehead atoms. The summed E-state index contributed by atoms with van der Waals surface area (Å²) in [7, 11) is 0. The number of halogens is 3. The van der Waals surface area contributed by atoms with Crippen molar-refractivity contribution in [2.75, 3.05) is 6.61 Å². The van der Waals surface area contributed by atoms with Gasteiger partial charge in [-0.15, -0.1) is 11.3 Å². The highest BCUT2D eigenvalue weighted by Gasteiger charge is 2.34. The number of ether oxygens (including phenoxy) is 2. The summed E-state index contributed by atoms with van der Waals surface area (Å²) >= 11 is 1.45. The maximum Gasteiger partial charge on any atom is 0.417 e. The Labute approximate surface area is 181 Å². The fourth-order valence-corrected chi connectivity index (χ4v) is 4.52. The Morgan fingerprint density at radius 2 is 1.94 bits per heavy atom. The number of hydrogen-bond acceptors (Lipinski definition) is 4. The molecule has 2 heterocycles. The smallest absolute Gasteiger partial charge is 0.417 e. The molecule has 7 heteroatoms. The van der Waals surface area contributed by atoms with E-state index in [1.54, 1.807) is 30.3 Å². The molecule has 0 radical (unpaired) electrons. The molecule has 3 aromatic rings. The molecule has 0 saturated carbocycles. The summed E-state index contributed by atoms with van der Waals surface area (Å²) in [4.78, 5) is 12.6. The van der Waals surface area contributed by atoms with Crippen LogP contribution in [0.1, 0.15) is 27.8 Å². The van der Waals surface area contributed by atoms with E-state index in [0.717, 1.165) is 27.7 Å². The number of rotatable bonds is 6. The Morgan fingerprint density at radius 1 is 1.13 bits per heavy atom. The summed E-state index contributed by atoms with van der Waals surface area (Å²) in [6.45, 7) is 2.38. The summed E-state index contributed by atoms with van der Waals surface area (Å²) in [5.41, 5.74) is 1.52. The Morgan fingerprint density at radius 3 is 2.68 bits per heavy atom. The fraction of sp³-hybridized carbons (Fsp3) is 0.208. The molecule has 0 N–H and O–H groups in total. The molecule has 0 atom stereocenters. The summed E-state index contributed by atoms with van der Waals surface area (Å²) in [6, 6.07) is 12.8. The van der Waals surface area contributed by atoms with Crippen LogP contribution < -0.4 is 9.47 Å². The van der Waals surface area contributed by atoms with Crippen molar-refractivity contribution in [1.29, 1.82) is 0 Å². The molecule has 0 aliphatic carbocycles. The lowest BCUT2D eigenvalue weighted by molar-refractivity contribution is -0.137. The molecule has 0 amide bonds. The van der Waals surface area contributed by atoms with Crippen LogP contribution in [-0.2, 0) is 24.0 Å². The van der Waals surface area contributed by atoms with Crippen LogP contribution in [0.5, 0.6) is 11.5 Å². The lowest BCUT2D eigenvalue weighted by Gasteiger charge is -2.16. The molecule has 160 valence electrons. The Hall–Kier alpha value is -3.06. The number of carbonyl (C=O) groups excluding carboxylic acids is 1. The quantitative estimate of drug-likeness (QED) is 0.405. The van der Waals surface area contributed by atoms with Crippen LogP contribution in [0.2, 0.25) is 0 Å². The third kappa shape index (κ3) is 4.51. The monoisotopic (exact) mass is 444 g/mol. The second kappa shape index (κ2) is 8.59. The van der Waals surface area contributed by atoms with Gasteiger partial charge in [-0.3, -0.25) is 4.79 Å². The van der Waals surface area contributed by atoms with E-state index in [1.165, 1.54) is 23.5 Å². The molecular weight excluding hydrogens is 425 g/mol. The number of fused-ring (bicyclic) bond motifs is 1. The molecule has 4 rings (SSSR count). The highest BCUT2D eigenvalue weighted by molar-refractivity contribution is 7.12. The first-order valence-corrected chi connectivity index (χ1v) is 10.5. The van der Waals surface area contributed by atoms with Crippen LogP contribution in [0.3, 0.4) is 0 Å². The van der Waals surface area contributed by atoms with Gasteiger partial charge in [0.05, 0.1) is 5.56 Å². The Bertz CT molecular complexity index is 1150. The normalized spacial score (nSPS) is 13.2. The van der Waals surface area contributed by atoms with Gasteiger partial charge < -0.3 is 9.47 Å². The molecule has 0 saturated heterocycles. The molecule has 0 spiro atoms. The zero-order valence-corrected chi connectivity index (χ0v) is 17.5. The van der Waals surface area contributed by atoms with Crippen molar-refractivity contribution in [2.24, 2.45) is 0 Å². The number of alkyl halides is 3. The van der Waals surface area contributed by atoms with Gasteiger partial charge in [-0.1, -0.05) is 25.1 Å². The SMILES string of the molecule is CCc1sc(COc2ccc3c(c2)OCC(C=O)=C3)cc1-c1ccccc1C(F)(F)F. The average molecular weight is 444 g/mol. The van der Waals surface area contributed by atoms with Crippen LogP contribution in [0.15, 0.2) is 54.1 Å². The van der Waals surface area contributed by atoms with Crippen molar-refractivity contribution < 1.29 is 27.4 Å². The molecule has 1 aliphatic rings. The van der Waals surface area contributed by atoms with E-state index in [0.29, 0.717) is 29.1 Å². The largest absolute Gasteiger partial charge is 0.488 e. The van der Waals surface area contributed by atoms with Gasteiger partial charge in [0.2, 0.25) is 0 Å². The topological polar surface area (TPSA) is 35.5 Å². The minimum absolute atomic E-state index is 0.189. The van der Waals surface area contributed by atoms with Gasteiger partial charge >= 0.3 is 6.18 Å². The zero-order valence-electron chi connectivity index (χ0n) is 16.7. The van der Waals surface area contributed by atoms with E-state index >= 15 is 0 Å². The van der Waals surface area contributed by atoms with E-state index in [-0.39, 0.29) is 18.8 Å². The van der Waals surface area contributed by atoms with Crippen molar-refractivity contribution >= 4 is 23.7 Å². The second-order valence-electron chi connectivity index (χ2n) is 7.06. The fourth-order valence-electron chi connectivity index (χ4n) is 3.48. The predicted octanol–water partition coefficient (Wildman–Crippen LogP) is 6.55. The van der Waals surface area contributed by atoms with Gasteiger partial charge in [-0.25, -0.2) is 0 Å². The van der Waals surface area contributed by atoms with Crippen LogP contribution >= 0.6 is 11.3 Å². The second-order valence-corrected chi connectivity index (χ2v) is 8.28. The third-order valence-corrected chi connectivity index (χ3v) is 6.21. The molecule has 2 aromatic carbocycles. The molecule has 1 aliphatic heterocycles. The van der Waals surface area contributed by atoms with Gasteiger partial charge in [-0.05, 0) is 47.9 Å². The van der Waals surface area contributed by atoms with Gasteiger partial charge in [-0.2, -0.15) is 13.2 Å². The highest BCUT2D eigenvalue weighted by Crippen LogP contribution is 2.41. The van der Waals surface area contributed by atoms with Crippen LogP contribution in [0.4, 0.5) is 13.2 Å². The molecule has 0 fully saturated rings. The van der Waals surface area contributed by atoms with Gasteiger partial charge in [0.15, 0.2) is 0 Å².